The number of rotatable bonds is 3. The van der Waals surface area contributed by atoms with Gasteiger partial charge in [-0.25, -0.2) is 0 Å². The van der Waals surface area contributed by atoms with Crippen LogP contribution in [0.4, 0.5) is 0 Å². The summed E-state index contributed by atoms with van der Waals surface area (Å²) in [7, 11) is 0. The second-order valence-electron chi connectivity index (χ2n) is 7.20. The molecular weight excluding hydrogens is 272 g/mol. The van der Waals surface area contributed by atoms with Crippen LogP contribution in [0.5, 0.6) is 0 Å². The van der Waals surface area contributed by atoms with Crippen molar-refractivity contribution in [2.24, 2.45) is 17.8 Å². The van der Waals surface area contributed by atoms with Crippen LogP contribution in [0, 0.1) is 17.8 Å². The van der Waals surface area contributed by atoms with Gasteiger partial charge in [-0.05, 0) is 50.9 Å². The van der Waals surface area contributed by atoms with Gasteiger partial charge in [-0.2, -0.15) is 11.8 Å². The minimum absolute atomic E-state index is 0.0597. The standard InChI is InChI=1S/C16H24O3S/c1-8-5-14-15(20-14)7-11(8)16(17)18-9(2)10-3-4-12-13(6-10)19-12/h8-15H,3-7H2,1-2H3. The van der Waals surface area contributed by atoms with E-state index in [2.05, 4.69) is 25.6 Å². The van der Waals surface area contributed by atoms with Gasteiger partial charge >= 0.3 is 5.97 Å². The van der Waals surface area contributed by atoms with Gasteiger partial charge in [-0.3, -0.25) is 4.79 Å². The molecule has 3 nitrogen and oxygen atoms in total. The third kappa shape index (κ3) is 2.50. The molecule has 2 aliphatic carbocycles. The summed E-state index contributed by atoms with van der Waals surface area (Å²) in [6, 6.07) is 0. The van der Waals surface area contributed by atoms with Gasteiger partial charge in [-0.15, -0.1) is 0 Å². The van der Waals surface area contributed by atoms with Gasteiger partial charge in [0.2, 0.25) is 0 Å². The maximum atomic E-state index is 12.5. The van der Waals surface area contributed by atoms with Gasteiger partial charge < -0.3 is 9.47 Å². The summed E-state index contributed by atoms with van der Waals surface area (Å²) in [5.41, 5.74) is 0. The van der Waals surface area contributed by atoms with E-state index in [-0.39, 0.29) is 18.0 Å². The van der Waals surface area contributed by atoms with Gasteiger partial charge in [0.15, 0.2) is 0 Å². The Hall–Kier alpha value is -0.220. The van der Waals surface area contributed by atoms with Gasteiger partial charge in [0, 0.05) is 10.5 Å². The maximum Gasteiger partial charge on any atom is 0.309 e. The monoisotopic (exact) mass is 296 g/mol. The molecule has 4 rings (SSSR count). The summed E-state index contributed by atoms with van der Waals surface area (Å²) in [4.78, 5) is 12.5. The van der Waals surface area contributed by atoms with Gasteiger partial charge in [0.1, 0.15) is 6.10 Å². The van der Waals surface area contributed by atoms with Crippen LogP contribution in [0.2, 0.25) is 0 Å². The van der Waals surface area contributed by atoms with E-state index in [1.165, 1.54) is 6.42 Å². The van der Waals surface area contributed by atoms with Crippen molar-refractivity contribution in [1.29, 1.82) is 0 Å². The van der Waals surface area contributed by atoms with E-state index in [1.54, 1.807) is 0 Å². The van der Waals surface area contributed by atoms with Gasteiger partial charge in [-0.1, -0.05) is 6.92 Å². The Morgan fingerprint density at radius 1 is 1.20 bits per heavy atom. The zero-order chi connectivity index (χ0) is 13.9. The van der Waals surface area contributed by atoms with Crippen LogP contribution in [-0.2, 0) is 14.3 Å². The molecule has 0 aromatic carbocycles. The molecule has 0 spiro atoms. The van der Waals surface area contributed by atoms with Crippen LogP contribution in [0.15, 0.2) is 0 Å². The SMILES string of the molecule is CC1CC2SC2CC1C(=O)OC(C)C1CCC2OC2C1. The van der Waals surface area contributed by atoms with Crippen LogP contribution in [0.25, 0.3) is 0 Å². The number of hydrogen-bond donors (Lipinski definition) is 0. The molecule has 0 radical (unpaired) electrons. The fourth-order valence-corrected chi connectivity index (χ4v) is 5.48. The van der Waals surface area contributed by atoms with Crippen molar-refractivity contribution in [3.8, 4) is 0 Å². The molecule has 2 saturated carbocycles. The van der Waals surface area contributed by atoms with E-state index in [4.69, 9.17) is 9.47 Å². The topological polar surface area (TPSA) is 38.8 Å². The Morgan fingerprint density at radius 2 is 2.00 bits per heavy atom. The molecule has 20 heavy (non-hydrogen) atoms. The van der Waals surface area contributed by atoms with E-state index in [1.807, 2.05) is 0 Å². The number of fused-ring (bicyclic) bond motifs is 2. The van der Waals surface area contributed by atoms with Crippen LogP contribution in [0.3, 0.4) is 0 Å². The summed E-state index contributed by atoms with van der Waals surface area (Å²) < 4.78 is 11.4. The highest BCUT2D eigenvalue weighted by molar-refractivity contribution is 8.07. The molecule has 4 heteroatoms. The highest BCUT2D eigenvalue weighted by Gasteiger charge is 2.49. The highest BCUT2D eigenvalue weighted by atomic mass is 32.2. The fraction of sp³-hybridized carbons (Fsp3) is 0.938. The normalized spacial score (nSPS) is 50.6. The van der Waals surface area contributed by atoms with Crippen molar-refractivity contribution >= 4 is 17.7 Å². The number of thioether (sulfide) groups is 1. The first-order valence-corrected chi connectivity index (χ1v) is 9.07. The average Bonchev–Trinajstić information content (AvgIpc) is 3.30. The summed E-state index contributed by atoms with van der Waals surface area (Å²) in [6.45, 7) is 4.29. The van der Waals surface area contributed by atoms with Crippen molar-refractivity contribution in [3.63, 3.8) is 0 Å². The predicted molar refractivity (Wildman–Crippen MR) is 78.6 cm³/mol. The third-order valence-electron chi connectivity index (χ3n) is 5.78. The zero-order valence-electron chi connectivity index (χ0n) is 12.3. The molecule has 2 aliphatic heterocycles. The molecule has 112 valence electrons. The smallest absolute Gasteiger partial charge is 0.309 e. The summed E-state index contributed by atoms with van der Waals surface area (Å²) in [5.74, 6) is 1.20. The molecule has 2 heterocycles. The predicted octanol–water partition coefficient (Wildman–Crippen LogP) is 3.02. The molecule has 8 atom stereocenters. The lowest BCUT2D eigenvalue weighted by Gasteiger charge is -2.30. The molecule has 8 unspecified atom stereocenters. The zero-order valence-corrected chi connectivity index (χ0v) is 13.1. The lowest BCUT2D eigenvalue weighted by Crippen LogP contribution is -2.35. The number of ether oxygens (including phenoxy) is 2. The Bertz CT molecular complexity index is 413. The molecule has 0 aromatic heterocycles. The third-order valence-corrected chi connectivity index (χ3v) is 7.21. The molecule has 4 fully saturated rings. The lowest BCUT2D eigenvalue weighted by atomic mass is 9.80. The molecule has 0 bridgehead atoms. The van der Waals surface area contributed by atoms with Crippen LogP contribution in [-0.4, -0.2) is 34.8 Å². The highest BCUT2D eigenvalue weighted by Crippen LogP contribution is 2.54. The molecule has 0 N–H and O–H groups in total. The van der Waals surface area contributed by atoms with E-state index >= 15 is 0 Å². The lowest BCUT2D eigenvalue weighted by molar-refractivity contribution is -0.159. The van der Waals surface area contributed by atoms with E-state index < -0.39 is 0 Å². The van der Waals surface area contributed by atoms with Crippen molar-refractivity contribution < 1.29 is 14.3 Å². The van der Waals surface area contributed by atoms with Crippen molar-refractivity contribution in [3.05, 3.63) is 0 Å². The molecule has 0 aromatic rings. The van der Waals surface area contributed by atoms with Crippen molar-refractivity contribution in [2.75, 3.05) is 0 Å². The molecule has 0 amide bonds. The van der Waals surface area contributed by atoms with Crippen LogP contribution in [0.1, 0.15) is 46.0 Å². The largest absolute Gasteiger partial charge is 0.462 e. The van der Waals surface area contributed by atoms with E-state index in [0.29, 0.717) is 24.0 Å². The van der Waals surface area contributed by atoms with E-state index in [9.17, 15) is 4.79 Å². The number of epoxide rings is 1. The first-order valence-electron chi connectivity index (χ1n) is 8.13. The quantitative estimate of drug-likeness (QED) is 0.593. The van der Waals surface area contributed by atoms with Crippen LogP contribution >= 0.6 is 11.8 Å². The Balaban J connectivity index is 1.32. The van der Waals surface area contributed by atoms with Crippen LogP contribution < -0.4 is 0 Å². The molecule has 2 saturated heterocycles. The van der Waals surface area contributed by atoms with Gasteiger partial charge in [0.05, 0.1) is 18.1 Å². The second kappa shape index (κ2) is 4.91. The number of carbonyl (C=O) groups excluding carboxylic acids is 1. The van der Waals surface area contributed by atoms with E-state index in [0.717, 1.165) is 36.2 Å². The summed E-state index contributed by atoms with van der Waals surface area (Å²) >= 11 is 2.05. The van der Waals surface area contributed by atoms with Gasteiger partial charge in [0.25, 0.3) is 0 Å². The Kier molecular flexibility index (Phi) is 3.30. The van der Waals surface area contributed by atoms with Crippen molar-refractivity contribution in [1.82, 2.24) is 0 Å². The Labute approximate surface area is 125 Å². The Morgan fingerprint density at radius 3 is 2.80 bits per heavy atom. The number of hydrogen-bond acceptors (Lipinski definition) is 4. The number of carbonyl (C=O) groups is 1. The maximum absolute atomic E-state index is 12.5. The molecular formula is C16H24O3S. The molecule has 4 aliphatic rings. The number of esters is 1. The van der Waals surface area contributed by atoms with Crippen molar-refractivity contribution in [2.45, 2.75) is 74.8 Å². The second-order valence-corrected chi connectivity index (χ2v) is 8.68. The first kappa shape index (κ1) is 13.4. The summed E-state index contributed by atoms with van der Waals surface area (Å²) in [6.07, 6.45) is 6.67. The minimum atomic E-state index is 0.0597. The summed E-state index contributed by atoms with van der Waals surface area (Å²) in [5, 5.41) is 1.59. The fourth-order valence-electron chi connectivity index (χ4n) is 4.16. The average molecular weight is 296 g/mol. The first-order chi connectivity index (χ1) is 9.61. The minimum Gasteiger partial charge on any atom is -0.462 e.